The number of hydrogen-bond acceptors (Lipinski definition) is 6. The summed E-state index contributed by atoms with van der Waals surface area (Å²) in [6.45, 7) is 19.4. The second kappa shape index (κ2) is 16.2. The molecule has 0 aliphatic carbocycles. The van der Waals surface area contributed by atoms with Crippen molar-refractivity contribution in [1.82, 2.24) is 19.4 Å². The molecule has 222 valence electrons. The van der Waals surface area contributed by atoms with Crippen molar-refractivity contribution in [3.05, 3.63) is 91.2 Å². The van der Waals surface area contributed by atoms with E-state index in [0.717, 1.165) is 43.8 Å². The van der Waals surface area contributed by atoms with Crippen LogP contribution in [0.4, 0.5) is 10.2 Å². The molecule has 1 aliphatic heterocycles. The lowest BCUT2D eigenvalue weighted by Crippen LogP contribution is -2.39. The first-order chi connectivity index (χ1) is 20.3. The summed E-state index contributed by atoms with van der Waals surface area (Å²) in [7, 11) is 1.66. The molecule has 2 heterocycles. The second-order valence-corrected chi connectivity index (χ2v) is 10.0. The smallest absolute Gasteiger partial charge is 0.241 e. The number of benzene rings is 1. The minimum Gasteiger partial charge on any atom is -0.360 e. The normalized spacial score (nSPS) is 15.3. The number of aromatic nitrogens is 2. The SMILES string of the molecule is C=CC(=C)N=C(C)/C=C(\C/C=C\C)CN1CCCN(C(=O)CNc2c(-c3ccc(F)cc3)nc(C=NC)n2C=C)CC1. The molecule has 0 bridgehead atoms. The van der Waals surface area contributed by atoms with Crippen molar-refractivity contribution in [3.8, 4) is 11.3 Å². The molecule has 1 aromatic carbocycles. The molecule has 0 atom stereocenters. The Kier molecular flexibility index (Phi) is 12.4. The monoisotopic (exact) mass is 571 g/mol. The Morgan fingerprint density at radius 1 is 1.17 bits per heavy atom. The van der Waals surface area contributed by atoms with E-state index in [4.69, 9.17) is 0 Å². The number of allylic oxidation sites excluding steroid dienone is 4. The van der Waals surface area contributed by atoms with E-state index in [1.807, 2.05) is 18.7 Å². The van der Waals surface area contributed by atoms with E-state index >= 15 is 0 Å². The first-order valence-corrected chi connectivity index (χ1v) is 14.1. The van der Waals surface area contributed by atoms with Crippen LogP contribution in [0.3, 0.4) is 0 Å². The lowest BCUT2D eigenvalue weighted by Gasteiger charge is -2.23. The second-order valence-electron chi connectivity index (χ2n) is 10.0. The van der Waals surface area contributed by atoms with Crippen molar-refractivity contribution < 1.29 is 9.18 Å². The Balaban J connectivity index is 1.70. The standard InChI is InChI=1S/C33H42FN7O/c1-7-10-12-27(21-26(5)37-25(4)8-2)24-39-17-11-18-40(20-19-39)31(42)23-36-33-32(28-13-15-29(34)16-14-28)38-30(22-35-6)41(33)9-3/h7-10,13-16,21-22,36H,2-4,11-12,17-20,23-24H2,1,5-6H3/b10-7-,27-21+,35-22?,37-26?. The zero-order valence-corrected chi connectivity index (χ0v) is 25.0. The molecule has 1 amide bonds. The van der Waals surface area contributed by atoms with Gasteiger partial charge in [-0.05, 0) is 63.1 Å². The fraction of sp³-hybridized carbons (Fsp3) is 0.333. The summed E-state index contributed by atoms with van der Waals surface area (Å²) in [6.07, 6.45) is 12.9. The van der Waals surface area contributed by atoms with Crippen LogP contribution in [0.5, 0.6) is 0 Å². The molecule has 1 fully saturated rings. The molecule has 3 rings (SSSR count). The molecule has 42 heavy (non-hydrogen) atoms. The number of amides is 1. The molecule has 1 aromatic heterocycles. The summed E-state index contributed by atoms with van der Waals surface area (Å²) >= 11 is 0. The van der Waals surface area contributed by atoms with E-state index in [0.29, 0.717) is 36.1 Å². The predicted octanol–water partition coefficient (Wildman–Crippen LogP) is 5.84. The number of nitrogens with one attached hydrogen (secondary N) is 1. The van der Waals surface area contributed by atoms with E-state index in [9.17, 15) is 9.18 Å². The fourth-order valence-electron chi connectivity index (χ4n) is 4.79. The molecule has 9 heteroatoms. The van der Waals surface area contributed by atoms with Crippen LogP contribution < -0.4 is 5.32 Å². The van der Waals surface area contributed by atoms with Crippen molar-refractivity contribution in [1.29, 1.82) is 0 Å². The molecular formula is C33H42FN7O. The minimum absolute atomic E-state index is 0.0000223. The lowest BCUT2D eigenvalue weighted by atomic mass is 10.1. The van der Waals surface area contributed by atoms with Gasteiger partial charge in [-0.3, -0.25) is 24.2 Å². The number of rotatable bonds is 13. The highest BCUT2D eigenvalue weighted by molar-refractivity contribution is 5.94. The summed E-state index contributed by atoms with van der Waals surface area (Å²) in [5.74, 6) is 0.831. The highest BCUT2D eigenvalue weighted by atomic mass is 19.1. The quantitative estimate of drug-likeness (QED) is 0.186. The Morgan fingerprint density at radius 2 is 1.93 bits per heavy atom. The molecule has 8 nitrogen and oxygen atoms in total. The first-order valence-electron chi connectivity index (χ1n) is 14.1. The minimum atomic E-state index is -0.330. The molecule has 0 spiro atoms. The van der Waals surface area contributed by atoms with Gasteiger partial charge in [0.15, 0.2) is 5.82 Å². The molecule has 0 unspecified atom stereocenters. The van der Waals surface area contributed by atoms with E-state index in [2.05, 4.69) is 63.2 Å². The maximum absolute atomic E-state index is 13.6. The number of carbonyl (C=O) groups is 1. The highest BCUT2D eigenvalue weighted by Gasteiger charge is 2.22. The number of nitrogens with zero attached hydrogens (tertiary/aromatic N) is 6. The molecule has 2 aromatic rings. The van der Waals surface area contributed by atoms with Crippen molar-refractivity contribution in [3.63, 3.8) is 0 Å². The van der Waals surface area contributed by atoms with Crippen molar-refractivity contribution >= 4 is 29.9 Å². The molecule has 0 radical (unpaired) electrons. The van der Waals surface area contributed by atoms with E-state index < -0.39 is 0 Å². The third-order valence-corrected chi connectivity index (χ3v) is 6.84. The number of carbonyl (C=O) groups excluding carboxylic acids is 1. The van der Waals surface area contributed by atoms with Crippen molar-refractivity contribution in [2.45, 2.75) is 26.7 Å². The van der Waals surface area contributed by atoms with Crippen LogP contribution in [0.25, 0.3) is 17.5 Å². The third kappa shape index (κ3) is 9.07. The van der Waals surface area contributed by atoms with Crippen LogP contribution in [0, 0.1) is 5.82 Å². The number of hydrogen-bond donors (Lipinski definition) is 1. The number of anilines is 1. The Labute approximate surface area is 249 Å². The number of imidazole rings is 1. The Hall–Kier alpha value is -4.37. The predicted molar refractivity (Wildman–Crippen MR) is 174 cm³/mol. The summed E-state index contributed by atoms with van der Waals surface area (Å²) < 4.78 is 15.3. The van der Waals surface area contributed by atoms with Gasteiger partial charge in [0.25, 0.3) is 0 Å². The van der Waals surface area contributed by atoms with Crippen LogP contribution >= 0.6 is 0 Å². The largest absolute Gasteiger partial charge is 0.360 e. The molecule has 1 saturated heterocycles. The third-order valence-electron chi connectivity index (χ3n) is 6.84. The summed E-state index contributed by atoms with van der Waals surface area (Å²) in [6, 6.07) is 6.10. The van der Waals surface area contributed by atoms with Gasteiger partial charge in [0.05, 0.1) is 18.5 Å². The Morgan fingerprint density at radius 3 is 2.60 bits per heavy atom. The van der Waals surface area contributed by atoms with Gasteiger partial charge >= 0.3 is 0 Å². The van der Waals surface area contributed by atoms with E-state index in [-0.39, 0.29) is 18.3 Å². The van der Waals surface area contributed by atoms with Gasteiger partial charge in [-0.2, -0.15) is 0 Å². The van der Waals surface area contributed by atoms with Crippen LogP contribution in [-0.4, -0.2) is 83.5 Å². The highest BCUT2D eigenvalue weighted by Crippen LogP contribution is 2.29. The van der Waals surface area contributed by atoms with Crippen LogP contribution in [0.1, 0.15) is 32.5 Å². The van der Waals surface area contributed by atoms with Crippen molar-refractivity contribution in [2.24, 2.45) is 9.98 Å². The van der Waals surface area contributed by atoms with Gasteiger partial charge in [-0.25, -0.2) is 9.37 Å². The molecule has 0 saturated carbocycles. The number of aliphatic imine (C=N–C) groups is 2. The van der Waals surface area contributed by atoms with Crippen LogP contribution in [-0.2, 0) is 4.79 Å². The first kappa shape index (κ1) is 32.1. The summed E-state index contributed by atoms with van der Waals surface area (Å²) in [5, 5.41) is 3.28. The molecule has 1 aliphatic rings. The summed E-state index contributed by atoms with van der Waals surface area (Å²) in [5.41, 5.74) is 4.10. The topological polar surface area (TPSA) is 78.1 Å². The average Bonchev–Trinajstić information content (AvgIpc) is 3.15. The maximum Gasteiger partial charge on any atom is 0.241 e. The maximum atomic E-state index is 13.6. The lowest BCUT2D eigenvalue weighted by molar-refractivity contribution is -0.129. The average molecular weight is 572 g/mol. The van der Waals surface area contributed by atoms with Crippen LogP contribution in [0.2, 0.25) is 0 Å². The van der Waals surface area contributed by atoms with Gasteiger partial charge in [-0.1, -0.05) is 37.5 Å². The molecule has 1 N–H and O–H groups in total. The molecular weight excluding hydrogens is 529 g/mol. The Bertz CT molecular complexity index is 1380. The van der Waals surface area contributed by atoms with Gasteiger partial charge < -0.3 is 10.2 Å². The van der Waals surface area contributed by atoms with E-state index in [1.165, 1.54) is 17.7 Å². The summed E-state index contributed by atoms with van der Waals surface area (Å²) in [4.78, 5) is 30.9. The van der Waals surface area contributed by atoms with Gasteiger partial charge in [-0.15, -0.1) is 0 Å². The van der Waals surface area contributed by atoms with Crippen molar-refractivity contribution in [2.75, 3.05) is 51.6 Å². The van der Waals surface area contributed by atoms with Gasteiger partial charge in [0.1, 0.15) is 17.3 Å². The zero-order valence-electron chi connectivity index (χ0n) is 25.0. The zero-order chi connectivity index (χ0) is 30.5. The number of halogens is 1. The fourth-order valence-corrected chi connectivity index (χ4v) is 4.79. The van der Waals surface area contributed by atoms with Gasteiger partial charge in [0, 0.05) is 57.2 Å². The van der Waals surface area contributed by atoms with Crippen LogP contribution in [0.15, 0.2) is 89.6 Å². The van der Waals surface area contributed by atoms with Gasteiger partial charge in [0.2, 0.25) is 5.91 Å². The van der Waals surface area contributed by atoms with E-state index in [1.54, 1.807) is 42.2 Å².